The SMILES string of the molecule is CCCc1nc(Cc2nc(C)cs2)sc1CNC(C)(C)C. The Labute approximate surface area is 135 Å². The third-order valence-corrected chi connectivity index (χ3v) is 5.12. The van der Waals surface area contributed by atoms with Crippen molar-refractivity contribution < 1.29 is 0 Å². The number of hydrogen-bond donors (Lipinski definition) is 1. The molecular weight excluding hydrogens is 298 g/mol. The molecule has 0 aliphatic rings. The highest BCUT2D eigenvalue weighted by molar-refractivity contribution is 7.12. The molecule has 0 radical (unpaired) electrons. The van der Waals surface area contributed by atoms with Crippen molar-refractivity contribution in [2.75, 3.05) is 0 Å². The fraction of sp³-hybridized carbons (Fsp3) is 0.625. The highest BCUT2D eigenvalue weighted by atomic mass is 32.1. The largest absolute Gasteiger partial charge is 0.307 e. The van der Waals surface area contributed by atoms with Gasteiger partial charge in [0, 0.05) is 28.0 Å². The highest BCUT2D eigenvalue weighted by Gasteiger charge is 2.15. The van der Waals surface area contributed by atoms with E-state index < -0.39 is 0 Å². The first-order valence-electron chi connectivity index (χ1n) is 7.51. The van der Waals surface area contributed by atoms with Gasteiger partial charge in [0.25, 0.3) is 0 Å². The van der Waals surface area contributed by atoms with Gasteiger partial charge in [-0.1, -0.05) is 13.3 Å². The van der Waals surface area contributed by atoms with Crippen molar-refractivity contribution in [1.29, 1.82) is 0 Å². The van der Waals surface area contributed by atoms with Gasteiger partial charge in [0.15, 0.2) is 0 Å². The maximum absolute atomic E-state index is 4.85. The Morgan fingerprint density at radius 2 is 1.95 bits per heavy atom. The van der Waals surface area contributed by atoms with Gasteiger partial charge in [0.05, 0.1) is 22.1 Å². The van der Waals surface area contributed by atoms with Gasteiger partial charge in [-0.2, -0.15) is 0 Å². The van der Waals surface area contributed by atoms with Crippen LogP contribution in [0.5, 0.6) is 0 Å². The van der Waals surface area contributed by atoms with Crippen molar-refractivity contribution in [2.24, 2.45) is 0 Å². The van der Waals surface area contributed by atoms with Crippen LogP contribution in [0.15, 0.2) is 5.38 Å². The summed E-state index contributed by atoms with van der Waals surface area (Å²) in [5.74, 6) is 0. The zero-order valence-electron chi connectivity index (χ0n) is 13.6. The molecule has 2 aromatic heterocycles. The van der Waals surface area contributed by atoms with Crippen molar-refractivity contribution in [3.05, 3.63) is 31.7 Å². The number of hydrogen-bond acceptors (Lipinski definition) is 5. The summed E-state index contributed by atoms with van der Waals surface area (Å²) < 4.78 is 0. The second kappa shape index (κ2) is 6.99. The third-order valence-electron chi connectivity index (χ3n) is 3.06. The Morgan fingerprint density at radius 3 is 2.52 bits per heavy atom. The van der Waals surface area contributed by atoms with Crippen LogP contribution in [0.3, 0.4) is 0 Å². The van der Waals surface area contributed by atoms with Crippen LogP contribution in [-0.4, -0.2) is 15.5 Å². The molecule has 0 saturated carbocycles. The summed E-state index contributed by atoms with van der Waals surface area (Å²) in [5.41, 5.74) is 2.51. The summed E-state index contributed by atoms with van der Waals surface area (Å²) in [6.07, 6.45) is 3.08. The minimum absolute atomic E-state index is 0.139. The van der Waals surface area contributed by atoms with Crippen molar-refractivity contribution in [3.8, 4) is 0 Å². The van der Waals surface area contributed by atoms with Crippen LogP contribution in [-0.2, 0) is 19.4 Å². The van der Waals surface area contributed by atoms with E-state index in [1.807, 2.05) is 18.3 Å². The molecule has 0 saturated heterocycles. The molecule has 3 nitrogen and oxygen atoms in total. The monoisotopic (exact) mass is 323 g/mol. The van der Waals surface area contributed by atoms with E-state index in [0.29, 0.717) is 0 Å². The molecule has 0 spiro atoms. The van der Waals surface area contributed by atoms with E-state index >= 15 is 0 Å². The fourth-order valence-electron chi connectivity index (χ4n) is 2.04. The lowest BCUT2D eigenvalue weighted by molar-refractivity contribution is 0.425. The molecule has 0 aliphatic carbocycles. The molecule has 0 atom stereocenters. The van der Waals surface area contributed by atoms with E-state index in [2.05, 4.69) is 43.4 Å². The van der Waals surface area contributed by atoms with Crippen LogP contribution in [0.2, 0.25) is 0 Å². The van der Waals surface area contributed by atoms with Crippen LogP contribution in [0.1, 0.15) is 60.4 Å². The molecule has 0 unspecified atom stereocenters. The maximum atomic E-state index is 4.85. The molecule has 2 heterocycles. The van der Waals surface area contributed by atoms with E-state index in [-0.39, 0.29) is 5.54 Å². The lowest BCUT2D eigenvalue weighted by Gasteiger charge is -2.20. The zero-order chi connectivity index (χ0) is 15.5. The first kappa shape index (κ1) is 16.6. The normalized spacial score (nSPS) is 12.0. The molecule has 2 rings (SSSR count). The number of aryl methyl sites for hydroxylation is 2. The average molecular weight is 324 g/mol. The standard InChI is InChI=1S/C16H25N3S2/c1-6-7-12-13(9-17-16(3,4)5)21-15(19-12)8-14-18-11(2)10-20-14/h10,17H,6-9H2,1-5H3. The lowest BCUT2D eigenvalue weighted by atomic mass is 10.1. The van der Waals surface area contributed by atoms with Gasteiger partial charge in [0.1, 0.15) is 0 Å². The minimum Gasteiger partial charge on any atom is -0.307 e. The Morgan fingerprint density at radius 1 is 1.19 bits per heavy atom. The molecule has 0 amide bonds. The van der Waals surface area contributed by atoms with E-state index in [1.165, 1.54) is 20.6 Å². The molecule has 5 heteroatoms. The molecular formula is C16H25N3S2. The first-order valence-corrected chi connectivity index (χ1v) is 9.20. The van der Waals surface area contributed by atoms with Crippen molar-refractivity contribution >= 4 is 22.7 Å². The van der Waals surface area contributed by atoms with E-state index in [9.17, 15) is 0 Å². The van der Waals surface area contributed by atoms with Crippen LogP contribution in [0.25, 0.3) is 0 Å². The Hall–Kier alpha value is -0.780. The van der Waals surface area contributed by atoms with Gasteiger partial charge in [-0.25, -0.2) is 9.97 Å². The number of rotatable bonds is 6. The minimum atomic E-state index is 0.139. The van der Waals surface area contributed by atoms with E-state index in [0.717, 1.165) is 31.5 Å². The summed E-state index contributed by atoms with van der Waals surface area (Å²) in [6.45, 7) is 11.8. The van der Waals surface area contributed by atoms with E-state index in [1.54, 1.807) is 11.3 Å². The Balaban J connectivity index is 2.12. The van der Waals surface area contributed by atoms with Gasteiger partial charge in [-0.15, -0.1) is 22.7 Å². The summed E-state index contributed by atoms with van der Waals surface area (Å²) in [6, 6.07) is 0. The molecule has 21 heavy (non-hydrogen) atoms. The number of aromatic nitrogens is 2. The third kappa shape index (κ3) is 5.16. The topological polar surface area (TPSA) is 37.8 Å². The van der Waals surface area contributed by atoms with Crippen LogP contribution < -0.4 is 5.32 Å². The predicted octanol–water partition coefficient (Wildman–Crippen LogP) is 4.34. The highest BCUT2D eigenvalue weighted by Crippen LogP contribution is 2.24. The number of thiazole rings is 2. The maximum Gasteiger partial charge on any atom is 0.0999 e. The van der Waals surface area contributed by atoms with Gasteiger partial charge in [0.2, 0.25) is 0 Å². The summed E-state index contributed by atoms with van der Waals surface area (Å²) in [5, 5.41) is 8.04. The second-order valence-corrected chi connectivity index (χ2v) is 8.50. The summed E-state index contributed by atoms with van der Waals surface area (Å²) in [4.78, 5) is 10.8. The Bertz CT molecular complexity index is 579. The first-order chi connectivity index (χ1) is 9.87. The fourth-order valence-corrected chi connectivity index (χ4v) is 3.97. The van der Waals surface area contributed by atoms with Crippen LogP contribution >= 0.6 is 22.7 Å². The van der Waals surface area contributed by atoms with Crippen molar-refractivity contribution in [2.45, 2.75) is 66.0 Å². The van der Waals surface area contributed by atoms with Crippen LogP contribution in [0, 0.1) is 6.92 Å². The van der Waals surface area contributed by atoms with Gasteiger partial charge < -0.3 is 5.32 Å². The molecule has 0 fully saturated rings. The Kier molecular flexibility index (Phi) is 5.52. The molecule has 0 aromatic carbocycles. The quantitative estimate of drug-likeness (QED) is 0.859. The molecule has 0 aliphatic heterocycles. The van der Waals surface area contributed by atoms with Crippen molar-refractivity contribution in [1.82, 2.24) is 15.3 Å². The summed E-state index contributed by atoms with van der Waals surface area (Å²) in [7, 11) is 0. The predicted molar refractivity (Wildman–Crippen MR) is 92.4 cm³/mol. The molecule has 116 valence electrons. The van der Waals surface area contributed by atoms with Gasteiger partial charge in [-0.05, 0) is 34.1 Å². The smallest absolute Gasteiger partial charge is 0.0999 e. The van der Waals surface area contributed by atoms with Crippen molar-refractivity contribution in [3.63, 3.8) is 0 Å². The molecule has 1 N–H and O–H groups in total. The summed E-state index contributed by atoms with van der Waals surface area (Å²) >= 11 is 3.57. The second-order valence-electron chi connectivity index (χ2n) is 6.39. The molecule has 0 bridgehead atoms. The zero-order valence-corrected chi connectivity index (χ0v) is 15.2. The molecule has 2 aromatic rings. The number of nitrogens with zero attached hydrogens (tertiary/aromatic N) is 2. The van der Waals surface area contributed by atoms with Crippen LogP contribution in [0.4, 0.5) is 0 Å². The van der Waals surface area contributed by atoms with Gasteiger partial charge >= 0.3 is 0 Å². The average Bonchev–Trinajstić information content (AvgIpc) is 2.94. The number of nitrogens with one attached hydrogen (secondary N) is 1. The van der Waals surface area contributed by atoms with Gasteiger partial charge in [-0.3, -0.25) is 0 Å². The van der Waals surface area contributed by atoms with E-state index in [4.69, 9.17) is 4.98 Å². The lowest BCUT2D eigenvalue weighted by Crippen LogP contribution is -2.35.